The molecule has 1 saturated carbocycles. The van der Waals surface area contributed by atoms with E-state index >= 15 is 0 Å². The van der Waals surface area contributed by atoms with Crippen LogP contribution in [0.2, 0.25) is 0 Å². The average molecular weight is 439 g/mol. The van der Waals surface area contributed by atoms with Crippen LogP contribution < -0.4 is 0 Å². The van der Waals surface area contributed by atoms with Crippen molar-refractivity contribution >= 4 is 17.5 Å². The van der Waals surface area contributed by atoms with Crippen LogP contribution in [0.5, 0.6) is 0 Å². The van der Waals surface area contributed by atoms with E-state index in [1.54, 1.807) is 7.11 Å². The highest BCUT2D eigenvalue weighted by Gasteiger charge is 2.30. The fourth-order valence-electron chi connectivity index (χ4n) is 4.23. The van der Waals surface area contributed by atoms with E-state index in [0.29, 0.717) is 18.3 Å². The van der Waals surface area contributed by atoms with Crippen LogP contribution in [-0.2, 0) is 11.3 Å². The van der Waals surface area contributed by atoms with E-state index in [4.69, 9.17) is 4.74 Å². The van der Waals surface area contributed by atoms with Crippen molar-refractivity contribution in [2.75, 3.05) is 19.5 Å². The summed E-state index contributed by atoms with van der Waals surface area (Å²) in [6, 6.07) is 12.5. The maximum Gasteiger partial charge on any atom is 0.191 e. The zero-order valence-electron chi connectivity index (χ0n) is 18.7. The Labute approximate surface area is 188 Å². The molecule has 1 atom stereocenters. The molecule has 164 valence electrons. The van der Waals surface area contributed by atoms with Crippen LogP contribution >= 0.6 is 11.8 Å². The van der Waals surface area contributed by atoms with Gasteiger partial charge in [-0.2, -0.15) is 0 Å². The number of carbonyl (C=O) groups excluding carboxylic acids is 1. The molecular weight excluding hydrogens is 408 g/mol. The molecule has 0 spiro atoms. The second-order valence-electron chi connectivity index (χ2n) is 8.36. The van der Waals surface area contributed by atoms with E-state index in [2.05, 4.69) is 38.4 Å². The summed E-state index contributed by atoms with van der Waals surface area (Å²) in [5.74, 6) is 2.02. The first-order valence-electron chi connectivity index (χ1n) is 10.8. The monoisotopic (exact) mass is 438 g/mol. The molecule has 6 nitrogen and oxygen atoms in total. The van der Waals surface area contributed by atoms with Crippen LogP contribution in [0.4, 0.5) is 0 Å². The largest absolute Gasteiger partial charge is 0.383 e. The van der Waals surface area contributed by atoms with Crippen molar-refractivity contribution in [3.05, 3.63) is 64.7 Å². The van der Waals surface area contributed by atoms with Gasteiger partial charge in [0.25, 0.3) is 0 Å². The van der Waals surface area contributed by atoms with Gasteiger partial charge in [-0.25, -0.2) is 0 Å². The van der Waals surface area contributed by atoms with Crippen molar-refractivity contribution in [1.82, 2.24) is 19.3 Å². The third-order valence-corrected chi connectivity index (χ3v) is 6.80. The Morgan fingerprint density at radius 1 is 1.23 bits per heavy atom. The number of hydrogen-bond acceptors (Lipinski definition) is 5. The molecule has 2 heterocycles. The normalized spacial score (nSPS) is 14.7. The summed E-state index contributed by atoms with van der Waals surface area (Å²) in [6.07, 6.45) is 2.34. The molecule has 0 N–H and O–H groups in total. The highest BCUT2D eigenvalue weighted by Crippen LogP contribution is 2.40. The van der Waals surface area contributed by atoms with Crippen LogP contribution in [0.15, 0.2) is 41.6 Å². The second-order valence-corrected chi connectivity index (χ2v) is 9.30. The van der Waals surface area contributed by atoms with Gasteiger partial charge in [0, 0.05) is 30.0 Å². The molecule has 0 bridgehead atoms. The number of rotatable bonds is 10. The summed E-state index contributed by atoms with van der Waals surface area (Å²) < 4.78 is 9.68. The van der Waals surface area contributed by atoms with Crippen molar-refractivity contribution < 1.29 is 9.53 Å². The number of Topliss-reactive ketones (excluding diaryl/α,β-unsaturated/α-hetero) is 1. The van der Waals surface area contributed by atoms with Crippen LogP contribution in [0.3, 0.4) is 0 Å². The molecule has 0 saturated heterocycles. The lowest BCUT2D eigenvalue weighted by atomic mass is 10.2. The van der Waals surface area contributed by atoms with E-state index in [1.165, 1.54) is 30.2 Å². The molecule has 2 aromatic heterocycles. The van der Waals surface area contributed by atoms with Gasteiger partial charge in [0.1, 0.15) is 5.82 Å². The predicted molar refractivity (Wildman–Crippen MR) is 123 cm³/mol. The fraction of sp³-hybridized carbons (Fsp3) is 0.458. The Kier molecular flexibility index (Phi) is 6.62. The number of ether oxygens (including phenoxy) is 1. The molecule has 4 rings (SSSR count). The summed E-state index contributed by atoms with van der Waals surface area (Å²) in [5.41, 5.74) is 4.08. The maximum atomic E-state index is 13.1. The van der Waals surface area contributed by atoms with Crippen LogP contribution in [-0.4, -0.2) is 44.6 Å². The second kappa shape index (κ2) is 9.40. The van der Waals surface area contributed by atoms with Crippen LogP contribution in [0.1, 0.15) is 64.9 Å². The number of thioether (sulfide) groups is 1. The molecule has 0 aliphatic heterocycles. The van der Waals surface area contributed by atoms with E-state index in [-0.39, 0.29) is 11.8 Å². The molecule has 0 radical (unpaired) electrons. The number of nitrogens with zero attached hydrogens (tertiary/aromatic N) is 4. The number of ketones is 1. The van der Waals surface area contributed by atoms with Crippen molar-refractivity contribution in [3.8, 4) is 0 Å². The SMILES string of the molecule is COCC(C)n1c(C)cc(C(=O)CSc2nnc(C3CC3)n2Cc2ccccc2)c1C. The van der Waals surface area contributed by atoms with Gasteiger partial charge in [-0.05, 0) is 45.2 Å². The first-order valence-corrected chi connectivity index (χ1v) is 11.8. The van der Waals surface area contributed by atoms with Crippen molar-refractivity contribution in [1.29, 1.82) is 0 Å². The Balaban J connectivity index is 1.51. The number of benzene rings is 1. The van der Waals surface area contributed by atoms with Gasteiger partial charge >= 0.3 is 0 Å². The number of carbonyl (C=O) groups is 1. The third kappa shape index (κ3) is 4.77. The van der Waals surface area contributed by atoms with Crippen LogP contribution in [0.25, 0.3) is 0 Å². The first-order chi connectivity index (χ1) is 15.0. The van der Waals surface area contributed by atoms with E-state index in [9.17, 15) is 4.79 Å². The summed E-state index contributed by atoms with van der Waals surface area (Å²) in [7, 11) is 1.70. The van der Waals surface area contributed by atoms with Gasteiger partial charge in [0.15, 0.2) is 10.9 Å². The van der Waals surface area contributed by atoms with Gasteiger partial charge in [-0.15, -0.1) is 10.2 Å². The molecule has 1 aromatic carbocycles. The summed E-state index contributed by atoms with van der Waals surface area (Å²) >= 11 is 1.48. The average Bonchev–Trinajstić information content (AvgIpc) is 3.45. The molecule has 1 unspecified atom stereocenters. The first kappa shape index (κ1) is 21.8. The Hall–Kier alpha value is -2.38. The standard InChI is InChI=1S/C24H30N4O2S/c1-16-12-21(18(3)28(16)17(2)14-30-4)22(29)15-31-24-26-25-23(20-10-11-20)27(24)13-19-8-6-5-7-9-19/h5-9,12,17,20H,10-11,13-15H2,1-4H3. The molecule has 0 amide bonds. The highest BCUT2D eigenvalue weighted by atomic mass is 32.2. The highest BCUT2D eigenvalue weighted by molar-refractivity contribution is 7.99. The number of methoxy groups -OCH3 is 1. The van der Waals surface area contributed by atoms with Gasteiger partial charge in [0.2, 0.25) is 0 Å². The molecule has 1 fully saturated rings. The van der Waals surface area contributed by atoms with E-state index in [1.807, 2.05) is 38.1 Å². The van der Waals surface area contributed by atoms with E-state index < -0.39 is 0 Å². The lowest BCUT2D eigenvalue weighted by Gasteiger charge is -2.17. The maximum absolute atomic E-state index is 13.1. The minimum atomic E-state index is 0.121. The lowest BCUT2D eigenvalue weighted by molar-refractivity contribution is 0.102. The third-order valence-electron chi connectivity index (χ3n) is 5.84. The summed E-state index contributed by atoms with van der Waals surface area (Å²) in [4.78, 5) is 13.1. The summed E-state index contributed by atoms with van der Waals surface area (Å²) in [6.45, 7) is 7.52. The van der Waals surface area contributed by atoms with Gasteiger partial charge in [-0.1, -0.05) is 42.1 Å². The lowest BCUT2D eigenvalue weighted by Crippen LogP contribution is -2.15. The molecule has 3 aromatic rings. The van der Waals surface area contributed by atoms with Crippen molar-refractivity contribution in [2.45, 2.75) is 57.3 Å². The smallest absolute Gasteiger partial charge is 0.191 e. The van der Waals surface area contributed by atoms with Gasteiger partial charge in [0.05, 0.1) is 24.9 Å². The molecule has 31 heavy (non-hydrogen) atoms. The molecular formula is C24H30N4O2S. The van der Waals surface area contributed by atoms with Crippen molar-refractivity contribution in [3.63, 3.8) is 0 Å². The van der Waals surface area contributed by atoms with Gasteiger partial charge in [-0.3, -0.25) is 4.79 Å². The quantitative estimate of drug-likeness (QED) is 0.336. The zero-order valence-corrected chi connectivity index (χ0v) is 19.5. The Morgan fingerprint density at radius 3 is 2.65 bits per heavy atom. The van der Waals surface area contributed by atoms with E-state index in [0.717, 1.165) is 34.5 Å². The number of aryl methyl sites for hydroxylation is 1. The molecule has 1 aliphatic carbocycles. The summed E-state index contributed by atoms with van der Waals surface area (Å²) in [5, 5.41) is 9.73. The zero-order chi connectivity index (χ0) is 22.0. The Morgan fingerprint density at radius 2 is 1.97 bits per heavy atom. The molecule has 7 heteroatoms. The molecule has 1 aliphatic rings. The van der Waals surface area contributed by atoms with Gasteiger partial charge < -0.3 is 13.9 Å². The van der Waals surface area contributed by atoms with Crippen LogP contribution in [0, 0.1) is 13.8 Å². The Bertz CT molecular complexity index is 1050. The number of aromatic nitrogens is 4. The minimum Gasteiger partial charge on any atom is -0.383 e. The minimum absolute atomic E-state index is 0.121. The predicted octanol–water partition coefficient (Wildman–Crippen LogP) is 4.80. The fourth-order valence-corrected chi connectivity index (χ4v) is 5.05. The number of hydrogen-bond donors (Lipinski definition) is 0. The topological polar surface area (TPSA) is 61.9 Å². The van der Waals surface area contributed by atoms with Crippen molar-refractivity contribution in [2.24, 2.45) is 0 Å².